The highest BCUT2D eigenvalue weighted by molar-refractivity contribution is 6.26. The van der Waals surface area contributed by atoms with Gasteiger partial charge in [0.25, 0.3) is 0 Å². The lowest BCUT2D eigenvalue weighted by atomic mass is 10.3. The second kappa shape index (κ2) is 8.20. The molecule has 0 aromatic heterocycles. The van der Waals surface area contributed by atoms with Crippen LogP contribution in [0.4, 0.5) is 0 Å². The third kappa shape index (κ3) is 9.10. The molecule has 0 saturated carbocycles. The number of oxime groups is 1. The predicted molar refractivity (Wildman–Crippen MR) is 48.3 cm³/mol. The Bertz CT molecular complexity index is 146. The van der Waals surface area contributed by atoms with Gasteiger partial charge in [0.15, 0.2) is 5.78 Å². The smallest absolute Gasteiger partial charge is 0.174 e. The van der Waals surface area contributed by atoms with Crippen molar-refractivity contribution in [1.82, 2.24) is 5.32 Å². The van der Waals surface area contributed by atoms with Crippen molar-refractivity contribution in [3.05, 3.63) is 0 Å². The molecule has 4 nitrogen and oxygen atoms in total. The maximum Gasteiger partial charge on any atom is 0.174 e. The number of hydrogen-bond donors (Lipinski definition) is 1. The SMILES string of the molecule is CNCCCCON=CC(C)=O. The van der Waals surface area contributed by atoms with E-state index >= 15 is 0 Å². The maximum absolute atomic E-state index is 10.3. The summed E-state index contributed by atoms with van der Waals surface area (Å²) in [6.45, 7) is 3.00. The third-order valence-corrected chi connectivity index (χ3v) is 1.22. The summed E-state index contributed by atoms with van der Waals surface area (Å²) >= 11 is 0. The molecule has 0 radical (unpaired) electrons. The summed E-state index contributed by atoms with van der Waals surface area (Å²) in [6, 6.07) is 0. The highest BCUT2D eigenvalue weighted by Gasteiger charge is 1.87. The van der Waals surface area contributed by atoms with Crippen LogP contribution in [0.25, 0.3) is 0 Å². The zero-order valence-electron chi connectivity index (χ0n) is 7.67. The third-order valence-electron chi connectivity index (χ3n) is 1.22. The van der Waals surface area contributed by atoms with Crippen molar-refractivity contribution >= 4 is 12.0 Å². The van der Waals surface area contributed by atoms with Crippen LogP contribution in [0, 0.1) is 0 Å². The summed E-state index contributed by atoms with van der Waals surface area (Å²) in [4.78, 5) is 15.2. The average molecular weight is 172 g/mol. The normalized spacial score (nSPS) is 10.5. The molecule has 0 saturated heterocycles. The number of Topliss-reactive ketones (excluding diaryl/α,β-unsaturated/α-hetero) is 1. The number of nitrogens with one attached hydrogen (secondary N) is 1. The van der Waals surface area contributed by atoms with Gasteiger partial charge in [-0.25, -0.2) is 0 Å². The van der Waals surface area contributed by atoms with Crippen molar-refractivity contribution < 1.29 is 9.63 Å². The van der Waals surface area contributed by atoms with Gasteiger partial charge >= 0.3 is 0 Å². The van der Waals surface area contributed by atoms with E-state index in [1.165, 1.54) is 13.1 Å². The number of unbranched alkanes of at least 4 members (excludes halogenated alkanes) is 1. The van der Waals surface area contributed by atoms with Gasteiger partial charge in [-0.3, -0.25) is 4.79 Å². The van der Waals surface area contributed by atoms with Gasteiger partial charge in [0.1, 0.15) is 12.8 Å². The Balaban J connectivity index is 3.05. The molecule has 0 heterocycles. The fraction of sp³-hybridized carbons (Fsp3) is 0.750. The van der Waals surface area contributed by atoms with E-state index in [0.717, 1.165) is 19.4 Å². The van der Waals surface area contributed by atoms with Gasteiger partial charge in [0, 0.05) is 6.92 Å². The molecule has 0 atom stereocenters. The molecule has 0 aliphatic rings. The zero-order chi connectivity index (χ0) is 9.23. The number of nitrogens with zero attached hydrogens (tertiary/aromatic N) is 1. The van der Waals surface area contributed by atoms with E-state index in [9.17, 15) is 4.79 Å². The number of carbonyl (C=O) groups excluding carboxylic acids is 1. The lowest BCUT2D eigenvalue weighted by Crippen LogP contribution is -2.08. The molecule has 0 fully saturated rings. The van der Waals surface area contributed by atoms with Crippen molar-refractivity contribution in [3.8, 4) is 0 Å². The Morgan fingerprint density at radius 3 is 2.92 bits per heavy atom. The summed E-state index contributed by atoms with van der Waals surface area (Å²) < 4.78 is 0. The van der Waals surface area contributed by atoms with E-state index < -0.39 is 0 Å². The Hall–Kier alpha value is -0.900. The van der Waals surface area contributed by atoms with E-state index in [1.807, 2.05) is 7.05 Å². The topological polar surface area (TPSA) is 50.7 Å². The van der Waals surface area contributed by atoms with Crippen LogP contribution in [0.3, 0.4) is 0 Å². The van der Waals surface area contributed by atoms with Gasteiger partial charge in [-0.15, -0.1) is 0 Å². The van der Waals surface area contributed by atoms with Crippen molar-refractivity contribution in [2.24, 2.45) is 5.16 Å². The summed E-state index contributed by atoms with van der Waals surface area (Å²) in [5.41, 5.74) is 0. The summed E-state index contributed by atoms with van der Waals surface area (Å²) in [5, 5.41) is 6.50. The number of carbonyl (C=O) groups is 1. The van der Waals surface area contributed by atoms with E-state index in [0.29, 0.717) is 6.61 Å². The van der Waals surface area contributed by atoms with E-state index in [1.54, 1.807) is 0 Å². The van der Waals surface area contributed by atoms with Crippen LogP contribution in [-0.2, 0) is 9.63 Å². The standard InChI is InChI=1S/C8H16N2O2/c1-8(11)7-10-12-6-4-3-5-9-2/h7,9H,3-6H2,1-2H3. The van der Waals surface area contributed by atoms with Crippen LogP contribution >= 0.6 is 0 Å². The molecule has 70 valence electrons. The van der Waals surface area contributed by atoms with Crippen molar-refractivity contribution in [2.45, 2.75) is 19.8 Å². The fourth-order valence-corrected chi connectivity index (χ4v) is 0.633. The van der Waals surface area contributed by atoms with Crippen molar-refractivity contribution in [3.63, 3.8) is 0 Å². The first-order chi connectivity index (χ1) is 5.77. The van der Waals surface area contributed by atoms with E-state index in [4.69, 9.17) is 4.84 Å². The Morgan fingerprint density at radius 1 is 1.58 bits per heavy atom. The molecule has 0 unspecified atom stereocenters. The minimum atomic E-state index is -0.0924. The maximum atomic E-state index is 10.3. The van der Waals surface area contributed by atoms with Gasteiger partial charge < -0.3 is 10.2 Å². The molecule has 0 rings (SSSR count). The van der Waals surface area contributed by atoms with Gasteiger partial charge in [-0.1, -0.05) is 5.16 Å². The second-order valence-electron chi connectivity index (χ2n) is 2.49. The molecule has 1 N–H and O–H groups in total. The first-order valence-electron chi connectivity index (χ1n) is 4.08. The molecule has 0 amide bonds. The Kier molecular flexibility index (Phi) is 7.58. The largest absolute Gasteiger partial charge is 0.396 e. The van der Waals surface area contributed by atoms with Gasteiger partial charge in [-0.05, 0) is 26.4 Å². The summed E-state index contributed by atoms with van der Waals surface area (Å²) in [6.07, 6.45) is 3.19. The van der Waals surface area contributed by atoms with Gasteiger partial charge in [-0.2, -0.15) is 0 Å². The molecule has 12 heavy (non-hydrogen) atoms. The van der Waals surface area contributed by atoms with Gasteiger partial charge in [0.05, 0.1) is 0 Å². The number of rotatable bonds is 7. The second-order valence-corrected chi connectivity index (χ2v) is 2.49. The van der Waals surface area contributed by atoms with Gasteiger partial charge in [0.2, 0.25) is 0 Å². The first kappa shape index (κ1) is 11.1. The molecular weight excluding hydrogens is 156 g/mol. The van der Waals surface area contributed by atoms with Crippen LogP contribution in [-0.4, -0.2) is 32.2 Å². The van der Waals surface area contributed by atoms with Crippen molar-refractivity contribution in [1.29, 1.82) is 0 Å². The van der Waals surface area contributed by atoms with E-state index in [-0.39, 0.29) is 5.78 Å². The van der Waals surface area contributed by atoms with E-state index in [2.05, 4.69) is 10.5 Å². The molecule has 0 aliphatic carbocycles. The lowest BCUT2D eigenvalue weighted by molar-refractivity contribution is -0.110. The molecule has 4 heteroatoms. The van der Waals surface area contributed by atoms with Crippen LogP contribution in [0.5, 0.6) is 0 Å². The molecule has 0 aromatic carbocycles. The lowest BCUT2D eigenvalue weighted by Gasteiger charge is -1.98. The number of ketones is 1. The minimum Gasteiger partial charge on any atom is -0.396 e. The molecule has 0 aliphatic heterocycles. The highest BCUT2D eigenvalue weighted by Crippen LogP contribution is 1.87. The van der Waals surface area contributed by atoms with Crippen molar-refractivity contribution in [2.75, 3.05) is 20.2 Å². The van der Waals surface area contributed by atoms with Crippen LogP contribution in [0.2, 0.25) is 0 Å². The Morgan fingerprint density at radius 2 is 2.33 bits per heavy atom. The van der Waals surface area contributed by atoms with Crippen LogP contribution < -0.4 is 5.32 Å². The fourth-order valence-electron chi connectivity index (χ4n) is 0.633. The summed E-state index contributed by atoms with van der Waals surface area (Å²) in [5.74, 6) is -0.0924. The zero-order valence-corrected chi connectivity index (χ0v) is 7.67. The molecule has 0 spiro atoms. The molecule has 0 bridgehead atoms. The average Bonchev–Trinajstić information content (AvgIpc) is 2.02. The Labute approximate surface area is 73.0 Å². The first-order valence-corrected chi connectivity index (χ1v) is 4.08. The highest BCUT2D eigenvalue weighted by atomic mass is 16.6. The predicted octanol–water partition coefficient (Wildman–Crippen LogP) is 0.577. The molecular formula is C8H16N2O2. The van der Waals surface area contributed by atoms with Crippen LogP contribution in [0.1, 0.15) is 19.8 Å². The minimum absolute atomic E-state index is 0.0924. The quantitative estimate of drug-likeness (QED) is 0.347. The number of hydrogen-bond acceptors (Lipinski definition) is 4. The monoisotopic (exact) mass is 172 g/mol. The molecule has 0 aromatic rings. The summed E-state index contributed by atoms with van der Waals surface area (Å²) in [7, 11) is 1.91. The van der Waals surface area contributed by atoms with Crippen LogP contribution in [0.15, 0.2) is 5.16 Å².